The first kappa shape index (κ1) is 23.4. The summed E-state index contributed by atoms with van der Waals surface area (Å²) in [5.74, 6) is 0.844. The Bertz CT molecular complexity index is 882. The zero-order chi connectivity index (χ0) is 23.3. The summed E-state index contributed by atoms with van der Waals surface area (Å²) >= 11 is 0. The van der Waals surface area contributed by atoms with Gasteiger partial charge in [-0.15, -0.1) is 0 Å². The Morgan fingerprint density at radius 1 is 1.06 bits per heavy atom. The summed E-state index contributed by atoms with van der Waals surface area (Å²) in [6.07, 6.45) is 0.225. The molecule has 33 heavy (non-hydrogen) atoms. The van der Waals surface area contributed by atoms with Crippen LogP contribution >= 0.6 is 0 Å². The number of nitrogen functional groups attached to an aromatic ring is 1. The zero-order valence-corrected chi connectivity index (χ0v) is 18.5. The first-order valence-electron chi connectivity index (χ1n) is 11.3. The molecule has 0 atom stereocenters. The van der Waals surface area contributed by atoms with Crippen LogP contribution in [0.4, 0.5) is 30.5 Å². The zero-order valence-electron chi connectivity index (χ0n) is 18.5. The Balaban J connectivity index is 1.37. The van der Waals surface area contributed by atoms with Gasteiger partial charge in [-0.05, 0) is 55.9 Å². The van der Waals surface area contributed by atoms with Gasteiger partial charge in [-0.3, -0.25) is 0 Å². The van der Waals surface area contributed by atoms with Crippen molar-refractivity contribution in [1.29, 1.82) is 0 Å². The molecule has 1 aliphatic carbocycles. The molecule has 1 aromatic carbocycles. The van der Waals surface area contributed by atoms with Crippen molar-refractivity contribution in [2.75, 3.05) is 55.0 Å². The molecule has 7 nitrogen and oxygen atoms in total. The van der Waals surface area contributed by atoms with E-state index in [0.717, 1.165) is 31.6 Å². The highest BCUT2D eigenvalue weighted by Crippen LogP contribution is 2.34. The maximum absolute atomic E-state index is 13.4. The van der Waals surface area contributed by atoms with E-state index in [-0.39, 0.29) is 17.9 Å². The standard InChI is InChI=1S/C23H30F3N5O2/c24-23(25,26)16-31(20-7-5-18(6-8-20)30-11-13-32-14-12-30)19-3-1-17(2-4-19)15-33-21-9-10-28-22(27)29-21/h5-10,17,19H,1-4,11-16H2,(H2,27,28,29). The lowest BCUT2D eigenvalue weighted by Crippen LogP contribution is -2.44. The Hall–Kier alpha value is -2.75. The molecule has 1 aromatic heterocycles. The molecule has 1 saturated heterocycles. The van der Waals surface area contributed by atoms with Crippen LogP contribution in [0, 0.1) is 5.92 Å². The van der Waals surface area contributed by atoms with Crippen LogP contribution in [0.3, 0.4) is 0 Å². The molecule has 0 bridgehead atoms. The smallest absolute Gasteiger partial charge is 0.405 e. The second kappa shape index (κ2) is 10.5. The number of nitrogens with zero attached hydrogens (tertiary/aromatic N) is 4. The molecule has 2 fully saturated rings. The van der Waals surface area contributed by atoms with Gasteiger partial charge < -0.3 is 25.0 Å². The van der Waals surface area contributed by atoms with Crippen molar-refractivity contribution in [2.45, 2.75) is 37.9 Å². The summed E-state index contributed by atoms with van der Waals surface area (Å²) in [5.41, 5.74) is 7.19. The number of ether oxygens (including phenoxy) is 2. The lowest BCUT2D eigenvalue weighted by atomic mass is 9.85. The van der Waals surface area contributed by atoms with Crippen LogP contribution in [0.1, 0.15) is 25.7 Å². The summed E-state index contributed by atoms with van der Waals surface area (Å²) in [6, 6.07) is 8.93. The van der Waals surface area contributed by atoms with E-state index in [1.807, 2.05) is 24.3 Å². The van der Waals surface area contributed by atoms with Gasteiger partial charge in [0.1, 0.15) is 6.54 Å². The number of hydrogen-bond donors (Lipinski definition) is 1. The quantitative estimate of drug-likeness (QED) is 0.665. The highest BCUT2D eigenvalue weighted by atomic mass is 19.4. The molecule has 180 valence electrons. The third-order valence-electron chi connectivity index (χ3n) is 6.28. The molecule has 2 aromatic rings. The van der Waals surface area contributed by atoms with Gasteiger partial charge in [0.05, 0.1) is 19.8 Å². The summed E-state index contributed by atoms with van der Waals surface area (Å²) < 4.78 is 51.4. The predicted octanol–water partition coefficient (Wildman–Crippen LogP) is 3.90. The number of hydrogen-bond acceptors (Lipinski definition) is 7. The summed E-state index contributed by atoms with van der Waals surface area (Å²) in [5, 5.41) is 0. The maximum atomic E-state index is 13.4. The van der Waals surface area contributed by atoms with Crippen LogP contribution < -0.4 is 20.3 Å². The van der Waals surface area contributed by atoms with E-state index >= 15 is 0 Å². The molecule has 1 saturated carbocycles. The average molecular weight is 466 g/mol. The van der Waals surface area contributed by atoms with Gasteiger partial charge >= 0.3 is 6.18 Å². The van der Waals surface area contributed by atoms with E-state index in [0.29, 0.717) is 44.2 Å². The van der Waals surface area contributed by atoms with Crippen molar-refractivity contribution in [3.63, 3.8) is 0 Å². The number of morpholine rings is 1. The topological polar surface area (TPSA) is 76.7 Å². The molecule has 4 rings (SSSR count). The Labute approximate surface area is 191 Å². The lowest BCUT2D eigenvalue weighted by molar-refractivity contribution is -0.121. The van der Waals surface area contributed by atoms with Crippen LogP contribution in [0.2, 0.25) is 0 Å². The molecule has 1 aliphatic heterocycles. The summed E-state index contributed by atoms with van der Waals surface area (Å²) in [6.45, 7) is 2.43. The van der Waals surface area contributed by atoms with Crippen molar-refractivity contribution in [2.24, 2.45) is 5.92 Å². The summed E-state index contributed by atoms with van der Waals surface area (Å²) in [7, 11) is 0. The van der Waals surface area contributed by atoms with Crippen LogP contribution in [-0.2, 0) is 4.74 Å². The minimum atomic E-state index is -4.27. The van der Waals surface area contributed by atoms with Crippen molar-refractivity contribution in [1.82, 2.24) is 9.97 Å². The number of anilines is 3. The number of alkyl halides is 3. The summed E-state index contributed by atoms with van der Waals surface area (Å²) in [4.78, 5) is 11.6. The molecule has 2 N–H and O–H groups in total. The first-order valence-corrected chi connectivity index (χ1v) is 11.3. The number of aromatic nitrogens is 2. The van der Waals surface area contributed by atoms with E-state index in [1.54, 1.807) is 6.07 Å². The first-order chi connectivity index (χ1) is 15.9. The van der Waals surface area contributed by atoms with E-state index in [1.165, 1.54) is 11.1 Å². The molecule has 0 unspecified atom stereocenters. The third-order valence-corrected chi connectivity index (χ3v) is 6.28. The average Bonchev–Trinajstić information content (AvgIpc) is 2.82. The minimum absolute atomic E-state index is 0.152. The van der Waals surface area contributed by atoms with Gasteiger partial charge in [0.15, 0.2) is 0 Å². The minimum Gasteiger partial charge on any atom is -0.477 e. The molecule has 0 amide bonds. The fraction of sp³-hybridized carbons (Fsp3) is 0.565. The molecule has 0 radical (unpaired) electrons. The van der Waals surface area contributed by atoms with Gasteiger partial charge in [0.2, 0.25) is 11.8 Å². The van der Waals surface area contributed by atoms with Crippen LogP contribution in [0.25, 0.3) is 0 Å². The largest absolute Gasteiger partial charge is 0.477 e. The highest BCUT2D eigenvalue weighted by molar-refractivity contribution is 5.57. The Morgan fingerprint density at radius 2 is 1.76 bits per heavy atom. The van der Waals surface area contributed by atoms with E-state index < -0.39 is 12.7 Å². The fourth-order valence-corrected chi connectivity index (χ4v) is 4.56. The Kier molecular flexibility index (Phi) is 7.42. The second-order valence-electron chi connectivity index (χ2n) is 8.60. The SMILES string of the molecule is Nc1nccc(OCC2CCC(N(CC(F)(F)F)c3ccc(N4CCOCC4)cc3)CC2)n1. The lowest BCUT2D eigenvalue weighted by Gasteiger charge is -2.39. The Morgan fingerprint density at radius 3 is 2.39 bits per heavy atom. The third kappa shape index (κ3) is 6.63. The molecule has 2 aliphatic rings. The van der Waals surface area contributed by atoms with E-state index in [9.17, 15) is 13.2 Å². The van der Waals surface area contributed by atoms with Crippen molar-refractivity contribution in [3.8, 4) is 5.88 Å². The van der Waals surface area contributed by atoms with E-state index in [2.05, 4.69) is 14.9 Å². The molecule has 0 spiro atoms. The molecule has 10 heteroatoms. The number of benzene rings is 1. The predicted molar refractivity (Wildman–Crippen MR) is 121 cm³/mol. The van der Waals surface area contributed by atoms with Gasteiger partial charge in [0.25, 0.3) is 0 Å². The number of halogens is 3. The van der Waals surface area contributed by atoms with Gasteiger partial charge in [-0.2, -0.15) is 18.2 Å². The van der Waals surface area contributed by atoms with Crippen molar-refractivity contribution < 1.29 is 22.6 Å². The monoisotopic (exact) mass is 465 g/mol. The highest BCUT2D eigenvalue weighted by Gasteiger charge is 2.36. The van der Waals surface area contributed by atoms with Crippen LogP contribution in [0.5, 0.6) is 5.88 Å². The molecule has 2 heterocycles. The second-order valence-corrected chi connectivity index (χ2v) is 8.60. The van der Waals surface area contributed by atoms with Crippen molar-refractivity contribution >= 4 is 17.3 Å². The van der Waals surface area contributed by atoms with Gasteiger partial charge in [-0.1, -0.05) is 0 Å². The molecular formula is C23H30F3N5O2. The maximum Gasteiger partial charge on any atom is 0.405 e. The molecular weight excluding hydrogens is 435 g/mol. The van der Waals surface area contributed by atoms with Crippen molar-refractivity contribution in [3.05, 3.63) is 36.5 Å². The van der Waals surface area contributed by atoms with E-state index in [4.69, 9.17) is 15.2 Å². The fourth-order valence-electron chi connectivity index (χ4n) is 4.56. The van der Waals surface area contributed by atoms with Crippen LogP contribution in [0.15, 0.2) is 36.5 Å². The van der Waals surface area contributed by atoms with Crippen LogP contribution in [-0.4, -0.2) is 61.6 Å². The number of rotatable bonds is 7. The number of nitrogens with two attached hydrogens (primary N) is 1. The van der Waals surface area contributed by atoms with Gasteiger partial charge in [-0.25, -0.2) is 4.98 Å². The van der Waals surface area contributed by atoms with Gasteiger partial charge in [0, 0.05) is 42.8 Å². The normalized spacial score (nSPS) is 21.6.